The van der Waals surface area contributed by atoms with Crippen LogP contribution >= 0.6 is 11.3 Å². The second-order valence-electron chi connectivity index (χ2n) is 4.61. The lowest BCUT2D eigenvalue weighted by Gasteiger charge is -2.17. The van der Waals surface area contributed by atoms with Crippen molar-refractivity contribution in [3.8, 4) is 0 Å². The summed E-state index contributed by atoms with van der Waals surface area (Å²) < 4.78 is 11.2. The van der Waals surface area contributed by atoms with Crippen LogP contribution in [0.15, 0.2) is 11.4 Å². The van der Waals surface area contributed by atoms with Gasteiger partial charge in [-0.05, 0) is 37.8 Å². The maximum Gasteiger partial charge on any atom is 0.163 e. The standard InChI is InChI=1S/C12H19NO2S/c1-9-4-5-16-11(9)7-13-6-10-8-14-12(2,3)15-10/h4-5,10,13H,6-8H2,1-3H3. The lowest BCUT2D eigenvalue weighted by Crippen LogP contribution is -2.30. The van der Waals surface area contributed by atoms with Crippen LogP contribution in [0.2, 0.25) is 0 Å². The molecule has 1 aromatic heterocycles. The Kier molecular flexibility index (Phi) is 3.64. The van der Waals surface area contributed by atoms with E-state index in [1.165, 1.54) is 10.4 Å². The predicted molar refractivity (Wildman–Crippen MR) is 65.7 cm³/mol. The van der Waals surface area contributed by atoms with E-state index in [0.717, 1.165) is 13.1 Å². The second-order valence-corrected chi connectivity index (χ2v) is 5.61. The number of aryl methyl sites for hydroxylation is 1. The number of hydrogen-bond donors (Lipinski definition) is 1. The summed E-state index contributed by atoms with van der Waals surface area (Å²) >= 11 is 1.80. The fourth-order valence-corrected chi connectivity index (χ4v) is 2.67. The fourth-order valence-electron chi connectivity index (χ4n) is 1.80. The van der Waals surface area contributed by atoms with Crippen molar-refractivity contribution in [2.75, 3.05) is 13.2 Å². The van der Waals surface area contributed by atoms with Crippen molar-refractivity contribution < 1.29 is 9.47 Å². The molecule has 1 unspecified atom stereocenters. The van der Waals surface area contributed by atoms with Crippen LogP contribution in [-0.4, -0.2) is 25.0 Å². The van der Waals surface area contributed by atoms with Gasteiger partial charge in [-0.25, -0.2) is 0 Å². The lowest BCUT2D eigenvalue weighted by atomic mass is 10.3. The third-order valence-electron chi connectivity index (χ3n) is 2.69. The van der Waals surface area contributed by atoms with Gasteiger partial charge in [0, 0.05) is 18.0 Å². The third kappa shape index (κ3) is 3.04. The van der Waals surface area contributed by atoms with Crippen LogP contribution in [0.1, 0.15) is 24.3 Å². The molecule has 0 aromatic carbocycles. The quantitative estimate of drug-likeness (QED) is 0.877. The minimum atomic E-state index is -0.412. The van der Waals surface area contributed by atoms with E-state index in [0.29, 0.717) is 6.61 Å². The van der Waals surface area contributed by atoms with Crippen molar-refractivity contribution in [1.82, 2.24) is 5.32 Å². The Labute approximate surface area is 101 Å². The number of hydrogen-bond acceptors (Lipinski definition) is 4. The molecule has 0 radical (unpaired) electrons. The Morgan fingerprint density at radius 3 is 2.94 bits per heavy atom. The summed E-state index contributed by atoms with van der Waals surface area (Å²) in [4.78, 5) is 1.40. The third-order valence-corrected chi connectivity index (χ3v) is 3.72. The van der Waals surface area contributed by atoms with Gasteiger partial charge >= 0.3 is 0 Å². The summed E-state index contributed by atoms with van der Waals surface area (Å²) in [6, 6.07) is 2.15. The van der Waals surface area contributed by atoms with Crippen LogP contribution in [0.5, 0.6) is 0 Å². The monoisotopic (exact) mass is 241 g/mol. The minimum Gasteiger partial charge on any atom is -0.348 e. The normalized spacial score (nSPS) is 23.8. The van der Waals surface area contributed by atoms with E-state index in [9.17, 15) is 0 Å². The van der Waals surface area contributed by atoms with Crippen LogP contribution in [-0.2, 0) is 16.0 Å². The first-order valence-corrected chi connectivity index (χ1v) is 6.50. The first kappa shape index (κ1) is 12.0. The molecule has 1 atom stereocenters. The van der Waals surface area contributed by atoms with Crippen LogP contribution in [0.25, 0.3) is 0 Å². The van der Waals surface area contributed by atoms with Crippen molar-refractivity contribution in [2.45, 2.75) is 39.2 Å². The minimum absolute atomic E-state index is 0.176. The number of ether oxygens (including phenoxy) is 2. The van der Waals surface area contributed by atoms with E-state index in [-0.39, 0.29) is 6.10 Å². The molecule has 2 heterocycles. The fraction of sp³-hybridized carbons (Fsp3) is 0.667. The maximum atomic E-state index is 5.72. The first-order chi connectivity index (χ1) is 7.57. The van der Waals surface area contributed by atoms with Crippen molar-refractivity contribution in [1.29, 1.82) is 0 Å². The molecule has 0 saturated carbocycles. The Hall–Kier alpha value is -0.420. The summed E-state index contributed by atoms with van der Waals surface area (Å²) in [5.41, 5.74) is 1.36. The molecule has 0 amide bonds. The molecule has 16 heavy (non-hydrogen) atoms. The van der Waals surface area contributed by atoms with Gasteiger partial charge in [0.1, 0.15) is 0 Å². The van der Waals surface area contributed by atoms with Gasteiger partial charge in [-0.3, -0.25) is 0 Å². The molecule has 1 aliphatic heterocycles. The molecule has 0 aliphatic carbocycles. The van der Waals surface area contributed by atoms with Crippen molar-refractivity contribution in [3.05, 3.63) is 21.9 Å². The van der Waals surface area contributed by atoms with Gasteiger partial charge < -0.3 is 14.8 Å². The van der Waals surface area contributed by atoms with Crippen LogP contribution < -0.4 is 5.32 Å². The molecule has 1 fully saturated rings. The molecule has 90 valence electrons. The molecular formula is C12H19NO2S. The Morgan fingerprint density at radius 1 is 1.56 bits per heavy atom. The van der Waals surface area contributed by atoms with E-state index >= 15 is 0 Å². The molecule has 3 nitrogen and oxygen atoms in total. The molecule has 1 aromatic rings. The van der Waals surface area contributed by atoms with Gasteiger partial charge in [0.2, 0.25) is 0 Å². The second kappa shape index (κ2) is 4.84. The maximum absolute atomic E-state index is 5.72. The van der Waals surface area contributed by atoms with E-state index in [1.807, 2.05) is 13.8 Å². The van der Waals surface area contributed by atoms with Gasteiger partial charge in [-0.2, -0.15) is 0 Å². The SMILES string of the molecule is Cc1ccsc1CNCC1COC(C)(C)O1. The number of rotatable bonds is 4. The predicted octanol–water partition coefficient (Wildman–Crippen LogP) is 2.30. The van der Waals surface area contributed by atoms with Gasteiger partial charge in [0.25, 0.3) is 0 Å². The summed E-state index contributed by atoms with van der Waals surface area (Å²) in [6.07, 6.45) is 0.176. The van der Waals surface area contributed by atoms with E-state index in [4.69, 9.17) is 9.47 Å². The zero-order valence-electron chi connectivity index (χ0n) is 10.1. The van der Waals surface area contributed by atoms with E-state index in [2.05, 4.69) is 23.7 Å². The van der Waals surface area contributed by atoms with Crippen molar-refractivity contribution >= 4 is 11.3 Å². The van der Waals surface area contributed by atoms with Crippen molar-refractivity contribution in [2.24, 2.45) is 0 Å². The summed E-state index contributed by atoms with van der Waals surface area (Å²) in [6.45, 7) is 8.51. The van der Waals surface area contributed by atoms with Gasteiger partial charge in [0.05, 0.1) is 12.7 Å². The topological polar surface area (TPSA) is 30.5 Å². The number of thiophene rings is 1. The molecule has 1 N–H and O–H groups in total. The zero-order chi connectivity index (χ0) is 11.6. The molecule has 0 spiro atoms. The highest BCUT2D eigenvalue weighted by Gasteiger charge is 2.32. The summed E-state index contributed by atoms with van der Waals surface area (Å²) in [7, 11) is 0. The summed E-state index contributed by atoms with van der Waals surface area (Å²) in [5.74, 6) is -0.412. The molecule has 0 bridgehead atoms. The van der Waals surface area contributed by atoms with Gasteiger partial charge in [-0.15, -0.1) is 11.3 Å². The average molecular weight is 241 g/mol. The molecular weight excluding hydrogens is 222 g/mol. The van der Waals surface area contributed by atoms with Crippen LogP contribution in [0.4, 0.5) is 0 Å². The van der Waals surface area contributed by atoms with E-state index < -0.39 is 5.79 Å². The first-order valence-electron chi connectivity index (χ1n) is 5.62. The Balaban J connectivity index is 1.71. The van der Waals surface area contributed by atoms with Gasteiger partial charge in [0.15, 0.2) is 5.79 Å². The smallest absolute Gasteiger partial charge is 0.163 e. The average Bonchev–Trinajstić information content (AvgIpc) is 2.74. The van der Waals surface area contributed by atoms with Crippen molar-refractivity contribution in [3.63, 3.8) is 0 Å². The van der Waals surface area contributed by atoms with Gasteiger partial charge in [-0.1, -0.05) is 0 Å². The van der Waals surface area contributed by atoms with Crippen LogP contribution in [0.3, 0.4) is 0 Å². The highest BCUT2D eigenvalue weighted by atomic mass is 32.1. The highest BCUT2D eigenvalue weighted by Crippen LogP contribution is 2.22. The van der Waals surface area contributed by atoms with E-state index in [1.54, 1.807) is 11.3 Å². The Bertz CT molecular complexity index is 349. The molecule has 2 rings (SSSR count). The highest BCUT2D eigenvalue weighted by molar-refractivity contribution is 7.10. The zero-order valence-corrected chi connectivity index (χ0v) is 10.9. The molecule has 1 aliphatic rings. The Morgan fingerprint density at radius 2 is 2.38 bits per heavy atom. The molecule has 4 heteroatoms. The summed E-state index contributed by atoms with van der Waals surface area (Å²) in [5, 5.41) is 5.54. The largest absolute Gasteiger partial charge is 0.348 e. The van der Waals surface area contributed by atoms with Crippen LogP contribution in [0, 0.1) is 6.92 Å². The number of nitrogens with one attached hydrogen (secondary N) is 1. The lowest BCUT2D eigenvalue weighted by molar-refractivity contribution is -0.137. The molecule has 1 saturated heterocycles.